The van der Waals surface area contributed by atoms with Gasteiger partial charge >= 0.3 is 0 Å². The van der Waals surface area contributed by atoms with E-state index in [1.54, 1.807) is 48.5 Å². The summed E-state index contributed by atoms with van der Waals surface area (Å²) in [5.74, 6) is -0.0773. The molecule has 0 atom stereocenters. The van der Waals surface area contributed by atoms with Crippen LogP contribution in [0.2, 0.25) is 0 Å². The molecule has 0 bridgehead atoms. The van der Waals surface area contributed by atoms with Crippen molar-refractivity contribution >= 4 is 11.6 Å². The Morgan fingerprint density at radius 1 is 1.05 bits per heavy atom. The highest BCUT2D eigenvalue weighted by atomic mass is 16.3. The normalized spacial score (nSPS) is 10.2. The van der Waals surface area contributed by atoms with Gasteiger partial charge in [0.05, 0.1) is 13.0 Å². The zero-order valence-corrected chi connectivity index (χ0v) is 10.3. The molecule has 2 rings (SSSR count). The van der Waals surface area contributed by atoms with Crippen LogP contribution in [0.5, 0.6) is 5.75 Å². The van der Waals surface area contributed by atoms with Gasteiger partial charge in [0.2, 0.25) is 5.91 Å². The largest absolute Gasteiger partial charge is 0.508 e. The summed E-state index contributed by atoms with van der Waals surface area (Å²) in [7, 11) is 0. The second-order valence-corrected chi connectivity index (χ2v) is 4.21. The number of para-hydroxylation sites is 1. The van der Waals surface area contributed by atoms with Crippen LogP contribution in [0.15, 0.2) is 48.5 Å². The van der Waals surface area contributed by atoms with Crippen LogP contribution in [-0.2, 0) is 17.8 Å². The number of amides is 1. The van der Waals surface area contributed by atoms with Gasteiger partial charge in [-0.25, -0.2) is 0 Å². The van der Waals surface area contributed by atoms with Gasteiger partial charge in [0.25, 0.3) is 0 Å². The van der Waals surface area contributed by atoms with E-state index in [-0.39, 0.29) is 24.7 Å². The highest BCUT2D eigenvalue weighted by molar-refractivity contribution is 5.92. The standard InChI is InChI=1S/C15H15NO3/c17-10-11-5-7-13(8-6-11)16-15(19)9-12-3-1-2-4-14(12)18/h1-8,17-18H,9-10H2,(H,16,19). The van der Waals surface area contributed by atoms with Gasteiger partial charge in [-0.2, -0.15) is 0 Å². The van der Waals surface area contributed by atoms with Crippen molar-refractivity contribution in [1.82, 2.24) is 0 Å². The lowest BCUT2D eigenvalue weighted by Crippen LogP contribution is -2.14. The molecule has 0 aromatic heterocycles. The van der Waals surface area contributed by atoms with Gasteiger partial charge in [-0.05, 0) is 23.8 Å². The van der Waals surface area contributed by atoms with E-state index in [9.17, 15) is 9.90 Å². The van der Waals surface area contributed by atoms with E-state index in [0.717, 1.165) is 5.56 Å². The van der Waals surface area contributed by atoms with Crippen molar-refractivity contribution in [1.29, 1.82) is 0 Å². The molecule has 19 heavy (non-hydrogen) atoms. The molecule has 0 spiro atoms. The molecule has 0 aliphatic carbocycles. The van der Waals surface area contributed by atoms with Crippen molar-refractivity contribution in [3.8, 4) is 5.75 Å². The Morgan fingerprint density at radius 2 is 1.74 bits per heavy atom. The van der Waals surface area contributed by atoms with Crippen molar-refractivity contribution in [2.75, 3.05) is 5.32 Å². The Morgan fingerprint density at radius 3 is 2.37 bits per heavy atom. The second-order valence-electron chi connectivity index (χ2n) is 4.21. The maximum absolute atomic E-state index is 11.8. The number of hydrogen-bond acceptors (Lipinski definition) is 3. The number of carbonyl (C=O) groups is 1. The van der Waals surface area contributed by atoms with E-state index in [0.29, 0.717) is 11.3 Å². The lowest BCUT2D eigenvalue weighted by molar-refractivity contribution is -0.115. The topological polar surface area (TPSA) is 69.6 Å². The Kier molecular flexibility index (Phi) is 4.15. The number of phenolic OH excluding ortho intramolecular Hbond substituents is 1. The third-order valence-electron chi connectivity index (χ3n) is 2.76. The molecule has 98 valence electrons. The molecule has 4 heteroatoms. The highest BCUT2D eigenvalue weighted by Gasteiger charge is 2.07. The molecule has 0 fully saturated rings. The van der Waals surface area contributed by atoms with Gasteiger partial charge in [-0.15, -0.1) is 0 Å². The van der Waals surface area contributed by atoms with Crippen molar-refractivity contribution < 1.29 is 15.0 Å². The first-order valence-electron chi connectivity index (χ1n) is 5.95. The molecule has 0 heterocycles. The fraction of sp³-hybridized carbons (Fsp3) is 0.133. The minimum absolute atomic E-state index is 0.0217. The van der Waals surface area contributed by atoms with Crippen LogP contribution in [-0.4, -0.2) is 16.1 Å². The van der Waals surface area contributed by atoms with Crippen LogP contribution in [0, 0.1) is 0 Å². The number of aromatic hydroxyl groups is 1. The Hall–Kier alpha value is -2.33. The molecule has 0 aliphatic heterocycles. The van der Waals surface area contributed by atoms with Gasteiger partial charge in [-0.1, -0.05) is 30.3 Å². The number of rotatable bonds is 4. The van der Waals surface area contributed by atoms with Crippen molar-refractivity contribution in [3.05, 3.63) is 59.7 Å². The second kappa shape index (κ2) is 6.02. The smallest absolute Gasteiger partial charge is 0.228 e. The quantitative estimate of drug-likeness (QED) is 0.785. The molecular weight excluding hydrogens is 242 g/mol. The van der Waals surface area contributed by atoms with Crippen LogP contribution in [0.4, 0.5) is 5.69 Å². The van der Waals surface area contributed by atoms with Gasteiger partial charge in [-0.3, -0.25) is 4.79 Å². The maximum Gasteiger partial charge on any atom is 0.228 e. The van der Waals surface area contributed by atoms with Gasteiger partial charge in [0.15, 0.2) is 0 Å². The number of aliphatic hydroxyl groups is 1. The molecule has 4 nitrogen and oxygen atoms in total. The number of aliphatic hydroxyl groups excluding tert-OH is 1. The van der Waals surface area contributed by atoms with Crippen LogP contribution >= 0.6 is 0 Å². The Labute approximate surface area is 111 Å². The average molecular weight is 257 g/mol. The number of nitrogens with one attached hydrogen (secondary N) is 1. The molecule has 0 unspecified atom stereocenters. The zero-order chi connectivity index (χ0) is 13.7. The van der Waals surface area contributed by atoms with E-state index in [4.69, 9.17) is 5.11 Å². The number of hydrogen-bond donors (Lipinski definition) is 3. The number of benzene rings is 2. The fourth-order valence-electron chi connectivity index (χ4n) is 1.73. The third-order valence-corrected chi connectivity index (χ3v) is 2.76. The summed E-state index contributed by atoms with van der Waals surface area (Å²) in [6.07, 6.45) is 0.119. The first-order valence-corrected chi connectivity index (χ1v) is 5.95. The molecule has 0 aliphatic rings. The number of carbonyl (C=O) groups excluding carboxylic acids is 1. The van der Waals surface area contributed by atoms with Crippen LogP contribution < -0.4 is 5.32 Å². The molecular formula is C15H15NO3. The summed E-state index contributed by atoms with van der Waals surface area (Å²) in [5.41, 5.74) is 2.04. The van der Waals surface area contributed by atoms with E-state index in [2.05, 4.69) is 5.32 Å². The monoisotopic (exact) mass is 257 g/mol. The SMILES string of the molecule is O=C(Cc1ccccc1O)Nc1ccc(CO)cc1. The van der Waals surface area contributed by atoms with Gasteiger partial charge in [0, 0.05) is 11.3 Å². The van der Waals surface area contributed by atoms with Gasteiger partial charge < -0.3 is 15.5 Å². The summed E-state index contributed by atoms with van der Waals surface area (Å²) in [6, 6.07) is 13.7. The first-order chi connectivity index (χ1) is 9.19. The van der Waals surface area contributed by atoms with Gasteiger partial charge in [0.1, 0.15) is 5.75 Å². The predicted octanol–water partition coefficient (Wildman–Crippen LogP) is 2.07. The van der Waals surface area contributed by atoms with E-state index in [1.807, 2.05) is 0 Å². The third kappa shape index (κ3) is 3.56. The zero-order valence-electron chi connectivity index (χ0n) is 10.3. The minimum atomic E-state index is -0.196. The lowest BCUT2D eigenvalue weighted by Gasteiger charge is -2.07. The summed E-state index contributed by atoms with van der Waals surface area (Å²) in [5, 5.41) is 21.2. The molecule has 2 aromatic carbocycles. The van der Waals surface area contributed by atoms with Crippen LogP contribution in [0.25, 0.3) is 0 Å². The lowest BCUT2D eigenvalue weighted by atomic mass is 10.1. The maximum atomic E-state index is 11.8. The van der Waals surface area contributed by atoms with Crippen molar-refractivity contribution in [2.45, 2.75) is 13.0 Å². The minimum Gasteiger partial charge on any atom is -0.508 e. The first kappa shape index (κ1) is 13.1. The van der Waals surface area contributed by atoms with E-state index < -0.39 is 0 Å². The van der Waals surface area contributed by atoms with Crippen LogP contribution in [0.1, 0.15) is 11.1 Å². The fourth-order valence-corrected chi connectivity index (χ4v) is 1.73. The van der Waals surface area contributed by atoms with Crippen molar-refractivity contribution in [2.24, 2.45) is 0 Å². The Balaban J connectivity index is 1.99. The summed E-state index contributed by atoms with van der Waals surface area (Å²) >= 11 is 0. The predicted molar refractivity (Wildman–Crippen MR) is 72.8 cm³/mol. The number of phenols is 1. The summed E-state index contributed by atoms with van der Waals surface area (Å²) in [6.45, 7) is -0.0217. The van der Waals surface area contributed by atoms with Crippen LogP contribution in [0.3, 0.4) is 0 Å². The number of anilines is 1. The molecule has 0 radical (unpaired) electrons. The van der Waals surface area contributed by atoms with E-state index >= 15 is 0 Å². The Bertz CT molecular complexity index is 564. The molecule has 0 saturated carbocycles. The van der Waals surface area contributed by atoms with Crippen molar-refractivity contribution in [3.63, 3.8) is 0 Å². The average Bonchev–Trinajstić information content (AvgIpc) is 2.42. The highest BCUT2D eigenvalue weighted by Crippen LogP contribution is 2.17. The summed E-state index contributed by atoms with van der Waals surface area (Å²) < 4.78 is 0. The molecule has 0 saturated heterocycles. The molecule has 1 amide bonds. The summed E-state index contributed by atoms with van der Waals surface area (Å²) in [4.78, 5) is 11.8. The van der Waals surface area contributed by atoms with E-state index in [1.165, 1.54) is 0 Å². The molecule has 3 N–H and O–H groups in total. The molecule has 2 aromatic rings.